The van der Waals surface area contributed by atoms with Gasteiger partial charge in [0.25, 0.3) is 0 Å². The molecule has 0 aliphatic rings. The van der Waals surface area contributed by atoms with Gasteiger partial charge in [0.2, 0.25) is 0 Å². The van der Waals surface area contributed by atoms with Crippen LogP contribution in [0.25, 0.3) is 0 Å². The molecule has 0 heterocycles. The number of benzene rings is 1. The highest BCUT2D eigenvalue weighted by Crippen LogP contribution is 2.17. The Morgan fingerprint density at radius 2 is 2.00 bits per heavy atom. The summed E-state index contributed by atoms with van der Waals surface area (Å²) >= 11 is 0. The Morgan fingerprint density at radius 3 is 2.52 bits per heavy atom. The zero-order chi connectivity index (χ0) is 15.8. The van der Waals surface area contributed by atoms with Gasteiger partial charge in [-0.2, -0.15) is 0 Å². The Bertz CT molecular complexity index is 502. The molecule has 1 rings (SSSR count). The van der Waals surface area contributed by atoms with Crippen LogP contribution in [-0.4, -0.2) is 46.8 Å². The number of aliphatic hydroxyl groups is 1. The number of nitrogens with zero attached hydrogens (tertiary/aromatic N) is 1. The first-order valence-corrected chi connectivity index (χ1v) is 7.00. The lowest BCUT2D eigenvalue weighted by Gasteiger charge is -2.22. The lowest BCUT2D eigenvalue weighted by molar-refractivity contribution is 0.0697. The Kier molecular flexibility index (Phi) is 6.68. The molecule has 3 N–H and O–H groups in total. The lowest BCUT2D eigenvalue weighted by atomic mass is 10.1. The van der Waals surface area contributed by atoms with E-state index in [-0.39, 0.29) is 24.7 Å². The molecular formula is C15H22N2O4. The molecular weight excluding hydrogens is 272 g/mol. The molecule has 116 valence electrons. The molecule has 0 spiro atoms. The van der Waals surface area contributed by atoms with E-state index >= 15 is 0 Å². The number of carbonyl (C=O) groups excluding carboxylic acids is 1. The van der Waals surface area contributed by atoms with Crippen LogP contribution in [0.1, 0.15) is 35.7 Å². The molecule has 0 aliphatic heterocycles. The van der Waals surface area contributed by atoms with E-state index in [1.807, 2.05) is 6.92 Å². The van der Waals surface area contributed by atoms with E-state index in [4.69, 9.17) is 10.2 Å². The van der Waals surface area contributed by atoms with Gasteiger partial charge in [-0.25, -0.2) is 9.59 Å². The average molecular weight is 294 g/mol. The number of carboxylic acid groups (broad SMARTS) is 1. The van der Waals surface area contributed by atoms with Gasteiger partial charge in [0.15, 0.2) is 0 Å². The molecule has 0 saturated carbocycles. The summed E-state index contributed by atoms with van der Waals surface area (Å²) < 4.78 is 0. The molecule has 1 aromatic carbocycles. The first-order chi connectivity index (χ1) is 9.99. The highest BCUT2D eigenvalue weighted by Gasteiger charge is 2.14. The number of hydrogen-bond acceptors (Lipinski definition) is 3. The topological polar surface area (TPSA) is 89.9 Å². The van der Waals surface area contributed by atoms with Crippen molar-refractivity contribution in [3.63, 3.8) is 0 Å². The number of aromatic carboxylic acids is 1. The van der Waals surface area contributed by atoms with Crippen molar-refractivity contribution in [1.29, 1.82) is 0 Å². The Balaban J connectivity index is 2.78. The number of urea groups is 1. The maximum Gasteiger partial charge on any atom is 0.335 e. The van der Waals surface area contributed by atoms with Crippen LogP contribution in [0.5, 0.6) is 0 Å². The molecule has 0 fully saturated rings. The van der Waals surface area contributed by atoms with E-state index in [0.717, 1.165) is 12.8 Å². The average Bonchev–Trinajstić information content (AvgIpc) is 2.45. The zero-order valence-electron chi connectivity index (χ0n) is 12.4. The van der Waals surface area contributed by atoms with E-state index in [0.29, 0.717) is 17.8 Å². The SMILES string of the molecule is CCCCN(CCO)C(=O)Nc1ccc(C(=O)O)cc1C. The quantitative estimate of drug-likeness (QED) is 0.720. The van der Waals surface area contributed by atoms with Crippen LogP contribution < -0.4 is 5.32 Å². The molecule has 0 unspecified atom stereocenters. The first kappa shape index (κ1) is 17.0. The third kappa shape index (κ3) is 5.07. The molecule has 2 amide bonds. The van der Waals surface area contributed by atoms with Gasteiger partial charge in [-0.15, -0.1) is 0 Å². The van der Waals surface area contributed by atoms with Crippen molar-refractivity contribution < 1.29 is 19.8 Å². The molecule has 6 heteroatoms. The molecule has 0 aliphatic carbocycles. The summed E-state index contributed by atoms with van der Waals surface area (Å²) in [5.74, 6) is -0.999. The minimum Gasteiger partial charge on any atom is -0.478 e. The highest BCUT2D eigenvalue weighted by molar-refractivity contribution is 5.92. The molecule has 0 saturated heterocycles. The third-order valence-electron chi connectivity index (χ3n) is 3.15. The van der Waals surface area contributed by atoms with Gasteiger partial charge in [-0.05, 0) is 37.1 Å². The standard InChI is InChI=1S/C15H22N2O4/c1-3-4-7-17(8-9-18)15(21)16-13-6-5-12(14(19)20)10-11(13)2/h5-6,10,18H,3-4,7-9H2,1-2H3,(H,16,21)(H,19,20). The number of anilines is 1. The fourth-order valence-electron chi connectivity index (χ4n) is 1.92. The van der Waals surface area contributed by atoms with Gasteiger partial charge in [-0.1, -0.05) is 13.3 Å². The predicted octanol–water partition coefficient (Wildman–Crippen LogP) is 2.32. The minimum atomic E-state index is -0.999. The number of carbonyl (C=O) groups is 2. The number of nitrogens with one attached hydrogen (secondary N) is 1. The Morgan fingerprint density at radius 1 is 1.29 bits per heavy atom. The van der Waals surface area contributed by atoms with Crippen molar-refractivity contribution in [1.82, 2.24) is 4.90 Å². The number of amides is 2. The van der Waals surface area contributed by atoms with Crippen LogP contribution in [0.4, 0.5) is 10.5 Å². The number of unbranched alkanes of at least 4 members (excludes halogenated alkanes) is 1. The maximum atomic E-state index is 12.2. The van der Waals surface area contributed by atoms with Crippen molar-refractivity contribution in [3.8, 4) is 0 Å². The highest BCUT2D eigenvalue weighted by atomic mass is 16.4. The summed E-state index contributed by atoms with van der Waals surface area (Å²) in [5.41, 5.74) is 1.44. The van der Waals surface area contributed by atoms with Crippen molar-refractivity contribution in [2.45, 2.75) is 26.7 Å². The first-order valence-electron chi connectivity index (χ1n) is 7.00. The normalized spacial score (nSPS) is 10.2. The summed E-state index contributed by atoms with van der Waals surface area (Å²) in [4.78, 5) is 24.6. The van der Waals surface area contributed by atoms with Gasteiger partial charge in [0.1, 0.15) is 0 Å². The molecule has 1 aromatic rings. The summed E-state index contributed by atoms with van der Waals surface area (Å²) in [6.07, 6.45) is 1.83. The Hall–Kier alpha value is -2.08. The van der Waals surface area contributed by atoms with Gasteiger partial charge < -0.3 is 20.4 Å². The van der Waals surface area contributed by atoms with Crippen molar-refractivity contribution in [3.05, 3.63) is 29.3 Å². The van der Waals surface area contributed by atoms with E-state index in [1.54, 1.807) is 17.9 Å². The van der Waals surface area contributed by atoms with Gasteiger partial charge >= 0.3 is 12.0 Å². The second-order valence-corrected chi connectivity index (χ2v) is 4.83. The smallest absolute Gasteiger partial charge is 0.335 e. The van der Waals surface area contributed by atoms with Crippen LogP contribution >= 0.6 is 0 Å². The number of aryl methyl sites for hydroxylation is 1. The van der Waals surface area contributed by atoms with Crippen LogP contribution in [0.2, 0.25) is 0 Å². The largest absolute Gasteiger partial charge is 0.478 e. The second kappa shape index (κ2) is 8.26. The predicted molar refractivity (Wildman–Crippen MR) is 80.7 cm³/mol. The van der Waals surface area contributed by atoms with E-state index in [9.17, 15) is 9.59 Å². The number of aliphatic hydroxyl groups excluding tert-OH is 1. The van der Waals surface area contributed by atoms with E-state index in [2.05, 4.69) is 5.32 Å². The number of carboxylic acids is 1. The second-order valence-electron chi connectivity index (χ2n) is 4.83. The summed E-state index contributed by atoms with van der Waals surface area (Å²) in [6, 6.07) is 4.25. The van der Waals surface area contributed by atoms with E-state index < -0.39 is 5.97 Å². The molecule has 0 bridgehead atoms. The number of hydrogen-bond donors (Lipinski definition) is 3. The fraction of sp³-hybridized carbons (Fsp3) is 0.467. The van der Waals surface area contributed by atoms with Crippen molar-refractivity contribution >= 4 is 17.7 Å². The molecule has 21 heavy (non-hydrogen) atoms. The van der Waals surface area contributed by atoms with Crippen molar-refractivity contribution in [2.24, 2.45) is 0 Å². The molecule has 6 nitrogen and oxygen atoms in total. The van der Waals surface area contributed by atoms with Gasteiger partial charge in [0, 0.05) is 18.8 Å². The molecule has 0 aromatic heterocycles. The summed E-state index contributed by atoms with van der Waals surface area (Å²) in [7, 11) is 0. The monoisotopic (exact) mass is 294 g/mol. The van der Waals surface area contributed by atoms with Crippen LogP contribution in [0, 0.1) is 6.92 Å². The lowest BCUT2D eigenvalue weighted by Crippen LogP contribution is -2.37. The van der Waals surface area contributed by atoms with Crippen LogP contribution in [-0.2, 0) is 0 Å². The zero-order valence-corrected chi connectivity index (χ0v) is 12.4. The van der Waals surface area contributed by atoms with E-state index in [1.165, 1.54) is 12.1 Å². The minimum absolute atomic E-state index is 0.0892. The fourth-order valence-corrected chi connectivity index (χ4v) is 1.92. The van der Waals surface area contributed by atoms with Crippen LogP contribution in [0.3, 0.4) is 0 Å². The maximum absolute atomic E-state index is 12.2. The van der Waals surface area contributed by atoms with Crippen LogP contribution in [0.15, 0.2) is 18.2 Å². The van der Waals surface area contributed by atoms with Crippen molar-refractivity contribution in [2.75, 3.05) is 25.0 Å². The van der Waals surface area contributed by atoms with Gasteiger partial charge in [0.05, 0.1) is 12.2 Å². The molecule has 0 radical (unpaired) electrons. The Labute approximate surface area is 124 Å². The summed E-state index contributed by atoms with van der Waals surface area (Å²) in [5, 5.41) is 20.7. The number of rotatable bonds is 7. The van der Waals surface area contributed by atoms with Gasteiger partial charge in [-0.3, -0.25) is 0 Å². The third-order valence-corrected chi connectivity index (χ3v) is 3.15. The molecule has 0 atom stereocenters. The summed E-state index contributed by atoms with van der Waals surface area (Å²) in [6.45, 7) is 4.54.